The molecule has 0 spiro atoms. The zero-order chi connectivity index (χ0) is 13.9. The number of esters is 1. The minimum atomic E-state index is -0.648. The van der Waals surface area contributed by atoms with E-state index in [1.54, 1.807) is 0 Å². The summed E-state index contributed by atoms with van der Waals surface area (Å²) in [6, 6.07) is 0. The summed E-state index contributed by atoms with van der Waals surface area (Å²) in [4.78, 5) is 12.3. The predicted molar refractivity (Wildman–Crippen MR) is 69.9 cm³/mol. The molecule has 3 heteroatoms. The van der Waals surface area contributed by atoms with E-state index in [2.05, 4.69) is 41.5 Å². The van der Waals surface area contributed by atoms with Crippen molar-refractivity contribution in [1.82, 2.24) is 0 Å². The summed E-state index contributed by atoms with van der Waals surface area (Å²) < 4.78 is 10.6. The van der Waals surface area contributed by atoms with Gasteiger partial charge in [0.05, 0.1) is 13.7 Å². The fourth-order valence-corrected chi connectivity index (χ4v) is 2.66. The number of hydrogen-bond donors (Lipinski definition) is 0. The second kappa shape index (κ2) is 5.38. The van der Waals surface area contributed by atoms with Crippen LogP contribution in [0.2, 0.25) is 0 Å². The van der Waals surface area contributed by atoms with Gasteiger partial charge in [-0.2, -0.15) is 0 Å². The molecule has 0 rings (SSSR count). The van der Waals surface area contributed by atoms with Gasteiger partial charge in [0.15, 0.2) is 0 Å². The number of carbonyl (C=O) groups is 1. The van der Waals surface area contributed by atoms with Crippen LogP contribution >= 0.6 is 0 Å². The normalized spacial score (nSPS) is 13.6. The molecule has 0 atom stereocenters. The molecule has 0 aliphatic rings. The van der Waals surface area contributed by atoms with Crippen molar-refractivity contribution in [2.24, 2.45) is 16.2 Å². The third kappa shape index (κ3) is 3.01. The van der Waals surface area contributed by atoms with Crippen LogP contribution in [0.5, 0.6) is 0 Å². The molecular weight excluding hydrogens is 216 g/mol. The molecule has 0 aromatic carbocycles. The number of rotatable bonds is 4. The zero-order valence-electron chi connectivity index (χ0n) is 12.6. The van der Waals surface area contributed by atoms with Gasteiger partial charge in [-0.3, -0.25) is 4.79 Å². The van der Waals surface area contributed by atoms with Gasteiger partial charge in [0.25, 0.3) is 0 Å². The van der Waals surface area contributed by atoms with E-state index in [0.717, 1.165) is 0 Å². The van der Waals surface area contributed by atoms with Gasteiger partial charge in [-0.25, -0.2) is 0 Å². The molecule has 0 bridgehead atoms. The van der Waals surface area contributed by atoms with E-state index in [9.17, 15) is 4.79 Å². The van der Waals surface area contributed by atoms with E-state index in [-0.39, 0.29) is 16.8 Å². The number of hydrogen-bond acceptors (Lipinski definition) is 3. The van der Waals surface area contributed by atoms with Crippen LogP contribution in [0.1, 0.15) is 48.5 Å². The maximum atomic E-state index is 12.3. The molecule has 0 radical (unpaired) electrons. The van der Waals surface area contributed by atoms with Crippen molar-refractivity contribution in [3.63, 3.8) is 0 Å². The van der Waals surface area contributed by atoms with Crippen molar-refractivity contribution in [3.05, 3.63) is 0 Å². The molecule has 3 nitrogen and oxygen atoms in total. The predicted octanol–water partition coefficient (Wildman–Crippen LogP) is 3.27. The smallest absolute Gasteiger partial charge is 0.315 e. The van der Waals surface area contributed by atoms with Gasteiger partial charge in [0.1, 0.15) is 5.41 Å². The van der Waals surface area contributed by atoms with Gasteiger partial charge in [0, 0.05) is 6.61 Å². The van der Waals surface area contributed by atoms with Gasteiger partial charge in [0.2, 0.25) is 0 Å². The molecule has 0 saturated carbocycles. The van der Waals surface area contributed by atoms with Gasteiger partial charge in [-0.1, -0.05) is 41.5 Å². The van der Waals surface area contributed by atoms with Crippen LogP contribution in [-0.4, -0.2) is 26.3 Å². The summed E-state index contributed by atoms with van der Waals surface area (Å²) in [5.74, 6) is -0.189. The first-order valence-corrected chi connectivity index (χ1v) is 6.20. The van der Waals surface area contributed by atoms with Gasteiger partial charge in [-0.15, -0.1) is 0 Å². The summed E-state index contributed by atoms with van der Waals surface area (Å²) >= 11 is 0. The van der Waals surface area contributed by atoms with Crippen molar-refractivity contribution < 1.29 is 14.3 Å². The SMILES string of the molecule is CCOCC(C(=O)OC)(C(C)(C)C)C(C)(C)C. The Kier molecular flexibility index (Phi) is 5.20. The highest BCUT2D eigenvalue weighted by Crippen LogP contribution is 2.52. The zero-order valence-corrected chi connectivity index (χ0v) is 12.6. The van der Waals surface area contributed by atoms with Gasteiger partial charge in [-0.05, 0) is 17.8 Å². The molecule has 17 heavy (non-hydrogen) atoms. The van der Waals surface area contributed by atoms with E-state index in [1.807, 2.05) is 6.92 Å². The van der Waals surface area contributed by atoms with E-state index in [4.69, 9.17) is 9.47 Å². The Bertz CT molecular complexity index is 242. The molecule has 0 unspecified atom stereocenters. The first-order valence-electron chi connectivity index (χ1n) is 6.20. The van der Waals surface area contributed by atoms with Crippen molar-refractivity contribution in [1.29, 1.82) is 0 Å². The Morgan fingerprint density at radius 1 is 1.00 bits per heavy atom. The van der Waals surface area contributed by atoms with Crippen LogP contribution in [-0.2, 0) is 14.3 Å². The standard InChI is InChI=1S/C14H28O3/c1-9-17-10-14(11(15)16-8,12(2,3)4)13(5,6)7/h9-10H2,1-8H3. The van der Waals surface area contributed by atoms with Crippen LogP contribution in [0, 0.1) is 16.2 Å². The lowest BCUT2D eigenvalue weighted by atomic mass is 9.54. The third-order valence-corrected chi connectivity index (χ3v) is 3.62. The molecule has 0 N–H and O–H groups in total. The molecule has 0 fully saturated rings. The molecule has 0 heterocycles. The Labute approximate surface area is 106 Å². The second-order valence-corrected chi connectivity index (χ2v) is 6.53. The summed E-state index contributed by atoms with van der Waals surface area (Å²) in [5.41, 5.74) is -1.11. The summed E-state index contributed by atoms with van der Waals surface area (Å²) in [5, 5.41) is 0. The number of carbonyl (C=O) groups excluding carboxylic acids is 1. The minimum Gasteiger partial charge on any atom is -0.468 e. The van der Waals surface area contributed by atoms with Gasteiger partial charge >= 0.3 is 5.97 Å². The lowest BCUT2D eigenvalue weighted by Gasteiger charge is -2.50. The third-order valence-electron chi connectivity index (χ3n) is 3.62. The van der Waals surface area contributed by atoms with Crippen LogP contribution < -0.4 is 0 Å². The van der Waals surface area contributed by atoms with Crippen LogP contribution in [0.25, 0.3) is 0 Å². The molecule has 0 amide bonds. The highest BCUT2D eigenvalue weighted by molar-refractivity contribution is 5.79. The highest BCUT2D eigenvalue weighted by atomic mass is 16.5. The van der Waals surface area contributed by atoms with E-state index in [0.29, 0.717) is 13.2 Å². The van der Waals surface area contributed by atoms with Gasteiger partial charge < -0.3 is 9.47 Å². The van der Waals surface area contributed by atoms with Crippen molar-refractivity contribution in [3.8, 4) is 0 Å². The number of methoxy groups -OCH3 is 1. The first-order chi connectivity index (χ1) is 7.54. The maximum absolute atomic E-state index is 12.3. The van der Waals surface area contributed by atoms with E-state index in [1.165, 1.54) is 7.11 Å². The lowest BCUT2D eigenvalue weighted by Crippen LogP contribution is -2.55. The summed E-state index contributed by atoms with van der Waals surface area (Å²) in [6.45, 7) is 15.3. The van der Waals surface area contributed by atoms with Crippen LogP contribution in [0.15, 0.2) is 0 Å². The molecule has 0 aromatic rings. The van der Waals surface area contributed by atoms with Crippen LogP contribution in [0.4, 0.5) is 0 Å². The Morgan fingerprint density at radius 3 is 1.65 bits per heavy atom. The largest absolute Gasteiger partial charge is 0.468 e. The minimum absolute atomic E-state index is 0.189. The lowest BCUT2D eigenvalue weighted by molar-refractivity contribution is -0.182. The van der Waals surface area contributed by atoms with Crippen LogP contribution in [0.3, 0.4) is 0 Å². The Hall–Kier alpha value is -0.570. The second-order valence-electron chi connectivity index (χ2n) is 6.53. The molecule has 0 aliphatic carbocycles. The Morgan fingerprint density at radius 2 is 1.41 bits per heavy atom. The average Bonchev–Trinajstić information content (AvgIpc) is 2.14. The molecule has 0 aromatic heterocycles. The monoisotopic (exact) mass is 244 g/mol. The quantitative estimate of drug-likeness (QED) is 0.712. The first kappa shape index (κ1) is 16.4. The number of ether oxygens (including phenoxy) is 2. The van der Waals surface area contributed by atoms with E-state index < -0.39 is 5.41 Å². The molecule has 102 valence electrons. The highest BCUT2D eigenvalue weighted by Gasteiger charge is 2.57. The fraction of sp³-hybridized carbons (Fsp3) is 0.929. The van der Waals surface area contributed by atoms with Crippen molar-refractivity contribution in [2.75, 3.05) is 20.3 Å². The molecule has 0 aliphatic heterocycles. The molecular formula is C14H28O3. The molecule has 0 saturated heterocycles. The Balaban J connectivity index is 5.64. The average molecular weight is 244 g/mol. The fourth-order valence-electron chi connectivity index (χ4n) is 2.66. The van der Waals surface area contributed by atoms with Crippen molar-refractivity contribution >= 4 is 5.97 Å². The van der Waals surface area contributed by atoms with E-state index >= 15 is 0 Å². The topological polar surface area (TPSA) is 35.5 Å². The van der Waals surface area contributed by atoms with Crippen molar-refractivity contribution in [2.45, 2.75) is 48.5 Å². The maximum Gasteiger partial charge on any atom is 0.315 e. The summed E-state index contributed by atoms with van der Waals surface area (Å²) in [6.07, 6.45) is 0. The summed E-state index contributed by atoms with van der Waals surface area (Å²) in [7, 11) is 1.44.